The van der Waals surface area contributed by atoms with Crippen molar-refractivity contribution in [1.29, 1.82) is 0 Å². The number of hydrogen-bond acceptors (Lipinski definition) is 3. The van der Waals surface area contributed by atoms with E-state index in [-0.39, 0.29) is 16.5 Å². The van der Waals surface area contributed by atoms with Crippen LogP contribution >= 0.6 is 0 Å². The van der Waals surface area contributed by atoms with Crippen LogP contribution in [-0.2, 0) is 10.0 Å². The molecule has 0 saturated heterocycles. The van der Waals surface area contributed by atoms with Crippen molar-refractivity contribution in [2.45, 2.75) is 25.2 Å². The smallest absolute Gasteiger partial charge is 0.261 e. The van der Waals surface area contributed by atoms with Crippen molar-refractivity contribution in [1.82, 2.24) is 5.32 Å². The zero-order valence-electron chi connectivity index (χ0n) is 14.4. The second-order valence-electron chi connectivity index (χ2n) is 6.20. The number of rotatable bonds is 7. The molecule has 0 aliphatic carbocycles. The zero-order chi connectivity index (χ0) is 19.3. The third-order valence-corrected chi connectivity index (χ3v) is 5.00. The molecule has 1 amide bonds. The molecule has 0 saturated carbocycles. The van der Waals surface area contributed by atoms with Crippen molar-refractivity contribution in [2.24, 2.45) is 5.92 Å². The lowest BCUT2D eigenvalue weighted by molar-refractivity contribution is 0.0952. The molecule has 0 aliphatic heterocycles. The molecule has 5 nitrogen and oxygen atoms in total. The highest BCUT2D eigenvalue weighted by Gasteiger charge is 2.16. The van der Waals surface area contributed by atoms with Crippen LogP contribution in [-0.4, -0.2) is 20.9 Å². The summed E-state index contributed by atoms with van der Waals surface area (Å²) < 4.78 is 52.9. The van der Waals surface area contributed by atoms with E-state index in [9.17, 15) is 22.0 Å². The average Bonchev–Trinajstić information content (AvgIpc) is 2.57. The highest BCUT2D eigenvalue weighted by atomic mass is 32.2. The largest absolute Gasteiger partial charge is 0.352 e. The van der Waals surface area contributed by atoms with Crippen LogP contribution in [0, 0.1) is 17.6 Å². The van der Waals surface area contributed by atoms with Crippen molar-refractivity contribution >= 4 is 21.6 Å². The minimum absolute atomic E-state index is 0.0963. The number of sulfonamides is 1. The number of benzene rings is 2. The summed E-state index contributed by atoms with van der Waals surface area (Å²) in [4.78, 5) is 11.9. The molecule has 2 rings (SSSR count). The lowest BCUT2D eigenvalue weighted by Crippen LogP contribution is -2.25. The maximum absolute atomic E-state index is 13.2. The quantitative estimate of drug-likeness (QED) is 0.769. The molecule has 0 bridgehead atoms. The van der Waals surface area contributed by atoms with E-state index in [4.69, 9.17) is 0 Å². The van der Waals surface area contributed by atoms with Crippen molar-refractivity contribution in [2.75, 3.05) is 11.3 Å². The van der Waals surface area contributed by atoms with Crippen LogP contribution in [0.25, 0.3) is 0 Å². The number of anilines is 1. The zero-order valence-corrected chi connectivity index (χ0v) is 15.2. The molecular weight excluding hydrogens is 362 g/mol. The van der Waals surface area contributed by atoms with Crippen LogP contribution in [0.4, 0.5) is 14.5 Å². The molecule has 0 spiro atoms. The predicted molar refractivity (Wildman–Crippen MR) is 95.4 cm³/mol. The van der Waals surface area contributed by atoms with Gasteiger partial charge in [-0.3, -0.25) is 9.52 Å². The second kappa shape index (κ2) is 8.27. The van der Waals surface area contributed by atoms with Gasteiger partial charge in [0.05, 0.1) is 10.6 Å². The van der Waals surface area contributed by atoms with E-state index in [0.717, 1.165) is 24.6 Å². The molecule has 8 heteroatoms. The molecule has 0 fully saturated rings. The molecule has 0 heterocycles. The predicted octanol–water partition coefficient (Wildman–Crippen LogP) is 3.54. The summed E-state index contributed by atoms with van der Waals surface area (Å²) in [6.45, 7) is 4.63. The number of amides is 1. The lowest BCUT2D eigenvalue weighted by Gasteiger charge is -2.10. The second-order valence-corrected chi connectivity index (χ2v) is 7.88. The maximum Gasteiger partial charge on any atom is 0.261 e. The molecular formula is C18H20F2N2O3S. The molecule has 0 radical (unpaired) electrons. The van der Waals surface area contributed by atoms with Crippen molar-refractivity contribution in [3.05, 3.63) is 59.7 Å². The molecule has 0 aromatic heterocycles. The van der Waals surface area contributed by atoms with Crippen LogP contribution in [0.15, 0.2) is 47.4 Å². The van der Waals surface area contributed by atoms with Gasteiger partial charge in [0.1, 0.15) is 0 Å². The van der Waals surface area contributed by atoms with Gasteiger partial charge in [0.2, 0.25) is 0 Å². The van der Waals surface area contributed by atoms with E-state index >= 15 is 0 Å². The van der Waals surface area contributed by atoms with Gasteiger partial charge in [0.15, 0.2) is 11.6 Å². The van der Waals surface area contributed by atoms with E-state index in [1.807, 2.05) is 13.8 Å². The number of halogens is 2. The average molecular weight is 382 g/mol. The number of nitrogens with one attached hydrogen (secondary N) is 2. The molecule has 140 valence electrons. The summed E-state index contributed by atoms with van der Waals surface area (Å²) >= 11 is 0. The summed E-state index contributed by atoms with van der Waals surface area (Å²) in [7, 11) is -3.98. The van der Waals surface area contributed by atoms with Gasteiger partial charge in [0.25, 0.3) is 15.9 Å². The number of carbonyl (C=O) groups excluding carboxylic acids is 1. The van der Waals surface area contributed by atoms with Gasteiger partial charge < -0.3 is 5.32 Å². The Hall–Kier alpha value is -2.48. The van der Waals surface area contributed by atoms with E-state index < -0.39 is 21.7 Å². The van der Waals surface area contributed by atoms with Gasteiger partial charge in [-0.1, -0.05) is 13.8 Å². The first kappa shape index (κ1) is 19.8. The molecule has 0 atom stereocenters. The van der Waals surface area contributed by atoms with Gasteiger partial charge in [-0.2, -0.15) is 0 Å². The van der Waals surface area contributed by atoms with Crippen molar-refractivity contribution in [3.63, 3.8) is 0 Å². The van der Waals surface area contributed by atoms with Gasteiger partial charge in [-0.05, 0) is 48.7 Å². The fraction of sp³-hybridized carbons (Fsp3) is 0.278. The third kappa shape index (κ3) is 5.26. The SMILES string of the molecule is CC(C)CCNC(=O)c1ccc(S(=O)(=O)Nc2ccc(F)c(F)c2)cc1. The van der Waals surface area contributed by atoms with E-state index in [0.29, 0.717) is 18.0 Å². The molecule has 26 heavy (non-hydrogen) atoms. The molecule has 0 aliphatic rings. The van der Waals surface area contributed by atoms with Crippen LogP contribution in [0.2, 0.25) is 0 Å². The fourth-order valence-corrected chi connectivity index (χ4v) is 3.19. The van der Waals surface area contributed by atoms with Crippen molar-refractivity contribution in [3.8, 4) is 0 Å². The standard InChI is InChI=1S/C18H20F2N2O3S/c1-12(2)9-10-21-18(23)13-3-6-15(7-4-13)26(24,25)22-14-5-8-16(19)17(20)11-14/h3-8,11-12,22H,9-10H2,1-2H3,(H,21,23). The Balaban J connectivity index is 2.08. The van der Waals surface area contributed by atoms with Crippen LogP contribution in [0.1, 0.15) is 30.6 Å². The Morgan fingerprint density at radius 3 is 2.27 bits per heavy atom. The van der Waals surface area contributed by atoms with Gasteiger partial charge >= 0.3 is 0 Å². The van der Waals surface area contributed by atoms with E-state index in [1.165, 1.54) is 24.3 Å². The Labute approximate surface area is 151 Å². The van der Waals surface area contributed by atoms with Crippen LogP contribution in [0.3, 0.4) is 0 Å². The summed E-state index contributed by atoms with van der Waals surface area (Å²) in [6, 6.07) is 8.04. The highest BCUT2D eigenvalue weighted by molar-refractivity contribution is 7.92. The topological polar surface area (TPSA) is 75.3 Å². The third-order valence-electron chi connectivity index (χ3n) is 3.61. The Bertz CT molecular complexity index is 882. The molecule has 2 aromatic rings. The molecule has 2 aromatic carbocycles. The lowest BCUT2D eigenvalue weighted by atomic mass is 10.1. The monoisotopic (exact) mass is 382 g/mol. The fourth-order valence-electron chi connectivity index (χ4n) is 2.14. The molecule has 2 N–H and O–H groups in total. The van der Waals surface area contributed by atoms with Gasteiger partial charge in [-0.25, -0.2) is 17.2 Å². The summed E-state index contributed by atoms with van der Waals surface area (Å²) in [5, 5.41) is 2.76. The number of hydrogen-bond donors (Lipinski definition) is 2. The minimum Gasteiger partial charge on any atom is -0.352 e. The van der Waals surface area contributed by atoms with Gasteiger partial charge in [0, 0.05) is 18.2 Å². The van der Waals surface area contributed by atoms with Gasteiger partial charge in [-0.15, -0.1) is 0 Å². The Morgan fingerprint density at radius 1 is 1.04 bits per heavy atom. The van der Waals surface area contributed by atoms with Crippen LogP contribution < -0.4 is 10.0 Å². The minimum atomic E-state index is -3.98. The summed E-state index contributed by atoms with van der Waals surface area (Å²) in [6.07, 6.45) is 0.844. The highest BCUT2D eigenvalue weighted by Crippen LogP contribution is 2.19. The van der Waals surface area contributed by atoms with E-state index in [2.05, 4.69) is 10.0 Å². The summed E-state index contributed by atoms with van der Waals surface area (Å²) in [5.74, 6) is -2.05. The first-order chi connectivity index (χ1) is 12.2. The summed E-state index contributed by atoms with van der Waals surface area (Å²) in [5.41, 5.74) is 0.236. The number of carbonyl (C=O) groups is 1. The maximum atomic E-state index is 13.2. The van der Waals surface area contributed by atoms with Crippen LogP contribution in [0.5, 0.6) is 0 Å². The van der Waals surface area contributed by atoms with Crippen molar-refractivity contribution < 1.29 is 22.0 Å². The Kier molecular flexibility index (Phi) is 6.31. The first-order valence-electron chi connectivity index (χ1n) is 8.05. The molecule has 0 unspecified atom stereocenters. The first-order valence-corrected chi connectivity index (χ1v) is 9.53. The normalized spacial score (nSPS) is 11.4. The van der Waals surface area contributed by atoms with E-state index in [1.54, 1.807) is 0 Å². The Morgan fingerprint density at radius 2 is 1.69 bits per heavy atom.